The third-order valence-electron chi connectivity index (χ3n) is 4.85. The lowest BCUT2D eigenvalue weighted by Gasteiger charge is -2.31. The summed E-state index contributed by atoms with van der Waals surface area (Å²) in [7, 11) is 1.58. The van der Waals surface area contributed by atoms with Crippen LogP contribution in [0, 0.1) is 5.41 Å². The maximum absolute atomic E-state index is 13.5. The van der Waals surface area contributed by atoms with E-state index < -0.39 is 24.1 Å². The Morgan fingerprint density at radius 1 is 1.18 bits per heavy atom. The number of carbonyl (C=O) groups is 3. The smallest absolute Gasteiger partial charge is 0.300 e. The Bertz CT molecular complexity index is 1050. The monoisotopic (exact) mass is 490 g/mol. The van der Waals surface area contributed by atoms with Gasteiger partial charge >= 0.3 is 0 Å². The van der Waals surface area contributed by atoms with E-state index in [1.165, 1.54) is 0 Å². The minimum atomic E-state index is -1.02. The number of aliphatic carboxylic acids is 1. The van der Waals surface area contributed by atoms with E-state index in [-0.39, 0.29) is 17.7 Å². The number of hydrogen-bond donors (Lipinski definition) is 2. The number of carbonyl (C=O) groups excluding carboxylic acids is 2. The summed E-state index contributed by atoms with van der Waals surface area (Å²) in [5.41, 5.74) is 7.43. The van der Waals surface area contributed by atoms with E-state index in [4.69, 9.17) is 36.7 Å². The highest BCUT2D eigenvalue weighted by Crippen LogP contribution is 2.43. The number of benzene rings is 2. The van der Waals surface area contributed by atoms with Crippen LogP contribution in [0.2, 0.25) is 5.02 Å². The van der Waals surface area contributed by atoms with E-state index in [9.17, 15) is 9.59 Å². The van der Waals surface area contributed by atoms with Crippen LogP contribution >= 0.6 is 11.6 Å². The minimum absolute atomic E-state index is 0.186. The highest BCUT2D eigenvalue weighted by atomic mass is 35.5. The summed E-state index contributed by atoms with van der Waals surface area (Å²) >= 11 is 6.33. The van der Waals surface area contributed by atoms with Crippen LogP contribution in [0.1, 0.15) is 51.3 Å². The third kappa shape index (κ3) is 7.20. The molecule has 0 spiro atoms. The molecule has 184 valence electrons. The fourth-order valence-electron chi connectivity index (χ4n) is 3.65. The van der Waals surface area contributed by atoms with Crippen molar-refractivity contribution < 1.29 is 29.0 Å². The van der Waals surface area contributed by atoms with E-state index >= 15 is 0 Å². The normalized spacial score (nSPS) is 17.7. The average Bonchev–Trinajstić information content (AvgIpc) is 2.82. The number of hydrogen-bond acceptors (Lipinski definition) is 5. The second kappa shape index (κ2) is 11.4. The first kappa shape index (κ1) is 27.1. The van der Waals surface area contributed by atoms with E-state index in [0.29, 0.717) is 23.0 Å². The van der Waals surface area contributed by atoms with Crippen LogP contribution < -0.4 is 15.4 Å². The molecule has 2 atom stereocenters. The minimum Gasteiger partial charge on any atom is -0.496 e. The number of nitrogens with zero attached hydrogens (tertiary/aromatic N) is 1. The molecule has 2 unspecified atom stereocenters. The number of methoxy groups -OCH3 is 1. The average molecular weight is 491 g/mol. The molecule has 0 aromatic heterocycles. The molecular weight excluding hydrogens is 460 g/mol. The number of carboxylic acid groups (broad SMARTS) is 1. The Labute approximate surface area is 204 Å². The molecule has 2 aromatic rings. The molecule has 2 aromatic carbocycles. The number of carboxylic acids is 1. The lowest BCUT2D eigenvalue weighted by molar-refractivity contribution is -0.137. The molecule has 34 heavy (non-hydrogen) atoms. The lowest BCUT2D eigenvalue weighted by Crippen LogP contribution is -2.44. The predicted octanol–water partition coefficient (Wildman–Crippen LogP) is 4.18. The molecule has 0 aliphatic carbocycles. The van der Waals surface area contributed by atoms with Crippen molar-refractivity contribution in [3.05, 3.63) is 58.6 Å². The van der Waals surface area contributed by atoms with E-state index in [1.807, 2.05) is 51.1 Å². The molecule has 1 aliphatic rings. The number of nitrogens with two attached hydrogens (primary N) is 1. The first-order chi connectivity index (χ1) is 15.8. The summed E-state index contributed by atoms with van der Waals surface area (Å²) in [5, 5.41) is 7.94. The van der Waals surface area contributed by atoms with Crippen LogP contribution in [0.15, 0.2) is 42.5 Å². The molecule has 0 saturated carbocycles. The maximum atomic E-state index is 13.5. The van der Waals surface area contributed by atoms with Crippen molar-refractivity contribution in [2.75, 3.05) is 18.6 Å². The zero-order valence-corrected chi connectivity index (χ0v) is 20.8. The van der Waals surface area contributed by atoms with Gasteiger partial charge in [-0.1, -0.05) is 50.6 Å². The first-order valence-corrected chi connectivity index (χ1v) is 11.1. The number of primary amides is 1. The lowest BCUT2D eigenvalue weighted by atomic mass is 9.94. The number of fused-ring (bicyclic) bond motifs is 1. The van der Waals surface area contributed by atoms with Gasteiger partial charge in [0, 0.05) is 35.3 Å². The molecule has 0 fully saturated rings. The number of ether oxygens (including phenoxy) is 2. The van der Waals surface area contributed by atoms with Crippen LogP contribution in [0.4, 0.5) is 5.69 Å². The molecular formula is C25H31ClN2O6. The largest absolute Gasteiger partial charge is 0.496 e. The SMILES string of the molecule is CC(=O)O.COc1ccccc1C1OC(CC(N)=O)C(=O)N(CC(C)(C)C)c2ccc(Cl)cc21. The van der Waals surface area contributed by atoms with Gasteiger partial charge in [-0.15, -0.1) is 0 Å². The van der Waals surface area contributed by atoms with Crippen molar-refractivity contribution >= 4 is 35.1 Å². The zero-order chi connectivity index (χ0) is 25.6. The molecule has 2 amide bonds. The maximum Gasteiger partial charge on any atom is 0.300 e. The molecule has 0 bridgehead atoms. The van der Waals surface area contributed by atoms with Gasteiger partial charge in [0.25, 0.3) is 11.9 Å². The van der Waals surface area contributed by atoms with E-state index in [2.05, 4.69) is 0 Å². The summed E-state index contributed by atoms with van der Waals surface area (Å²) in [6.07, 6.45) is -1.90. The fraction of sp³-hybridized carbons (Fsp3) is 0.400. The van der Waals surface area contributed by atoms with Gasteiger partial charge < -0.3 is 25.2 Å². The topological polar surface area (TPSA) is 119 Å². The van der Waals surface area contributed by atoms with Crippen LogP contribution in [0.5, 0.6) is 5.75 Å². The van der Waals surface area contributed by atoms with Gasteiger partial charge in [-0.25, -0.2) is 0 Å². The van der Waals surface area contributed by atoms with Gasteiger partial charge in [0.2, 0.25) is 5.91 Å². The van der Waals surface area contributed by atoms with Gasteiger partial charge in [-0.2, -0.15) is 0 Å². The molecule has 1 heterocycles. The molecule has 1 aliphatic heterocycles. The van der Waals surface area contributed by atoms with Crippen molar-refractivity contribution in [2.45, 2.75) is 46.3 Å². The number of halogens is 1. The summed E-state index contributed by atoms with van der Waals surface area (Å²) in [5.74, 6) is -1.13. The molecule has 3 rings (SSSR count). The van der Waals surface area contributed by atoms with Crippen LogP contribution in [0.3, 0.4) is 0 Å². The second-order valence-electron chi connectivity index (χ2n) is 9.12. The van der Waals surface area contributed by atoms with Crippen molar-refractivity contribution in [1.29, 1.82) is 0 Å². The first-order valence-electron chi connectivity index (χ1n) is 10.7. The predicted molar refractivity (Wildman–Crippen MR) is 130 cm³/mol. The van der Waals surface area contributed by atoms with Crippen LogP contribution in [0.25, 0.3) is 0 Å². The Morgan fingerprint density at radius 2 is 1.79 bits per heavy atom. The summed E-state index contributed by atoms with van der Waals surface area (Å²) in [6, 6.07) is 12.8. The van der Waals surface area contributed by atoms with Gasteiger partial charge in [-0.3, -0.25) is 14.4 Å². The summed E-state index contributed by atoms with van der Waals surface area (Å²) < 4.78 is 11.8. The van der Waals surface area contributed by atoms with E-state index in [1.54, 1.807) is 24.1 Å². The Balaban J connectivity index is 0.000000945. The molecule has 8 nitrogen and oxygen atoms in total. The van der Waals surface area contributed by atoms with Crippen LogP contribution in [-0.2, 0) is 19.1 Å². The van der Waals surface area contributed by atoms with Crippen LogP contribution in [-0.4, -0.2) is 42.6 Å². The number of anilines is 1. The zero-order valence-electron chi connectivity index (χ0n) is 20.0. The number of rotatable bonds is 5. The van der Waals surface area contributed by atoms with Gasteiger partial charge in [0.1, 0.15) is 18.0 Å². The highest BCUT2D eigenvalue weighted by molar-refractivity contribution is 6.30. The van der Waals surface area contributed by atoms with Crippen molar-refractivity contribution in [3.8, 4) is 5.75 Å². The molecule has 3 N–H and O–H groups in total. The van der Waals surface area contributed by atoms with Crippen molar-refractivity contribution in [3.63, 3.8) is 0 Å². The van der Waals surface area contributed by atoms with Gasteiger partial charge in [-0.05, 0) is 29.7 Å². The number of amides is 2. The summed E-state index contributed by atoms with van der Waals surface area (Å²) in [4.78, 5) is 35.9. The Kier molecular flexibility index (Phi) is 9.06. The Hall–Kier alpha value is -3.10. The van der Waals surface area contributed by atoms with Crippen molar-refractivity contribution in [1.82, 2.24) is 0 Å². The number of para-hydroxylation sites is 1. The van der Waals surface area contributed by atoms with Gasteiger partial charge in [0.05, 0.1) is 13.5 Å². The van der Waals surface area contributed by atoms with Crippen molar-refractivity contribution in [2.24, 2.45) is 11.1 Å². The quantitative estimate of drug-likeness (QED) is 0.648. The Morgan fingerprint density at radius 3 is 2.35 bits per heavy atom. The molecule has 0 radical (unpaired) electrons. The summed E-state index contributed by atoms with van der Waals surface area (Å²) in [6.45, 7) is 7.66. The highest BCUT2D eigenvalue weighted by Gasteiger charge is 2.39. The molecule has 9 heteroatoms. The fourth-order valence-corrected chi connectivity index (χ4v) is 3.83. The standard InChI is InChI=1S/C23H27ClN2O4.C2H4O2/c1-23(2,3)13-26-17-10-9-14(24)11-16(17)21(15-7-5-6-8-18(15)29-4)30-19(22(26)28)12-20(25)27;1-2(3)4/h5-11,19,21H,12-13H2,1-4H3,(H2,25,27);1H3,(H,3,4). The van der Waals surface area contributed by atoms with Gasteiger partial charge in [0.15, 0.2) is 0 Å². The van der Waals surface area contributed by atoms with E-state index in [0.717, 1.165) is 18.1 Å². The second-order valence-corrected chi connectivity index (χ2v) is 9.56. The molecule has 0 saturated heterocycles. The third-order valence-corrected chi connectivity index (χ3v) is 5.08.